The fraction of sp³-hybridized carbons (Fsp3) is 0.176. The average Bonchev–Trinajstić information content (AvgIpc) is 2.61. The third kappa shape index (κ3) is 3.60. The van der Waals surface area contributed by atoms with Crippen LogP contribution in [-0.2, 0) is 4.74 Å². The Hall–Kier alpha value is -3.02. The molecule has 0 spiro atoms. The van der Waals surface area contributed by atoms with Crippen molar-refractivity contribution in [1.29, 1.82) is 0 Å². The summed E-state index contributed by atoms with van der Waals surface area (Å²) in [5.41, 5.74) is 0.884. The second-order valence-corrected chi connectivity index (χ2v) is 4.56. The van der Waals surface area contributed by atoms with Gasteiger partial charge in [-0.25, -0.2) is 4.79 Å². The lowest BCUT2D eigenvalue weighted by atomic mass is 10.1. The maximum Gasteiger partial charge on any atom is 0.338 e. The van der Waals surface area contributed by atoms with Gasteiger partial charge < -0.3 is 19.5 Å². The van der Waals surface area contributed by atoms with Crippen molar-refractivity contribution in [3.8, 4) is 11.5 Å². The number of anilines is 1. The van der Waals surface area contributed by atoms with Crippen LogP contribution in [0.4, 0.5) is 5.69 Å². The number of carbonyl (C=O) groups is 2. The van der Waals surface area contributed by atoms with E-state index in [1.165, 1.54) is 20.3 Å². The summed E-state index contributed by atoms with van der Waals surface area (Å²) in [6.07, 6.45) is 0. The van der Waals surface area contributed by atoms with Crippen LogP contribution in [0, 0.1) is 0 Å². The molecule has 2 rings (SSSR count). The summed E-state index contributed by atoms with van der Waals surface area (Å²) in [4.78, 5) is 24.2. The molecule has 6 nitrogen and oxygen atoms in total. The van der Waals surface area contributed by atoms with Gasteiger partial charge in [-0.3, -0.25) is 4.79 Å². The van der Waals surface area contributed by atoms with Crippen molar-refractivity contribution in [2.24, 2.45) is 0 Å². The molecular weight excluding hydrogens is 298 g/mol. The van der Waals surface area contributed by atoms with E-state index in [9.17, 15) is 9.59 Å². The highest BCUT2D eigenvalue weighted by Gasteiger charge is 2.18. The lowest BCUT2D eigenvalue weighted by molar-refractivity contribution is 0.0597. The maximum absolute atomic E-state index is 12.5. The van der Waals surface area contributed by atoms with Crippen LogP contribution in [0.1, 0.15) is 20.7 Å². The van der Waals surface area contributed by atoms with Gasteiger partial charge in [-0.15, -0.1) is 0 Å². The molecule has 0 fully saturated rings. The Morgan fingerprint density at radius 2 is 1.61 bits per heavy atom. The van der Waals surface area contributed by atoms with Crippen LogP contribution in [-0.4, -0.2) is 33.2 Å². The van der Waals surface area contributed by atoms with Crippen molar-refractivity contribution in [2.75, 3.05) is 26.6 Å². The fourth-order valence-electron chi connectivity index (χ4n) is 2.06. The zero-order chi connectivity index (χ0) is 16.8. The predicted molar refractivity (Wildman–Crippen MR) is 85.3 cm³/mol. The quantitative estimate of drug-likeness (QED) is 0.859. The summed E-state index contributed by atoms with van der Waals surface area (Å²) in [6, 6.07) is 11.4. The van der Waals surface area contributed by atoms with Gasteiger partial charge in [-0.05, 0) is 24.3 Å². The number of nitrogens with one attached hydrogen (secondary N) is 1. The largest absolute Gasteiger partial charge is 0.497 e. The van der Waals surface area contributed by atoms with Crippen molar-refractivity contribution in [3.63, 3.8) is 0 Å². The molecule has 0 saturated heterocycles. The van der Waals surface area contributed by atoms with Gasteiger partial charge in [0.15, 0.2) is 0 Å². The zero-order valence-electron chi connectivity index (χ0n) is 13.1. The third-order valence-electron chi connectivity index (χ3n) is 3.23. The van der Waals surface area contributed by atoms with Gasteiger partial charge in [0.05, 0.1) is 38.1 Å². The summed E-state index contributed by atoms with van der Waals surface area (Å²) in [7, 11) is 4.30. The second kappa shape index (κ2) is 7.31. The molecule has 2 aromatic rings. The Morgan fingerprint density at radius 1 is 0.913 bits per heavy atom. The van der Waals surface area contributed by atoms with Crippen LogP contribution in [0.2, 0.25) is 0 Å². The van der Waals surface area contributed by atoms with Crippen molar-refractivity contribution in [3.05, 3.63) is 53.6 Å². The van der Waals surface area contributed by atoms with Crippen LogP contribution < -0.4 is 14.8 Å². The number of rotatable bonds is 5. The first-order valence-electron chi connectivity index (χ1n) is 6.81. The van der Waals surface area contributed by atoms with Crippen LogP contribution in [0.5, 0.6) is 11.5 Å². The molecule has 0 unspecified atom stereocenters. The topological polar surface area (TPSA) is 73.9 Å². The lowest BCUT2D eigenvalue weighted by Crippen LogP contribution is -2.17. The molecule has 0 aliphatic carbocycles. The first kappa shape index (κ1) is 16.4. The molecule has 0 bridgehead atoms. The molecule has 2 aromatic carbocycles. The Kier molecular flexibility index (Phi) is 5.19. The van der Waals surface area contributed by atoms with Gasteiger partial charge >= 0.3 is 5.97 Å². The van der Waals surface area contributed by atoms with Crippen molar-refractivity contribution < 1.29 is 23.8 Å². The van der Waals surface area contributed by atoms with E-state index in [4.69, 9.17) is 14.2 Å². The van der Waals surface area contributed by atoms with E-state index < -0.39 is 11.9 Å². The first-order chi connectivity index (χ1) is 11.1. The molecule has 0 radical (unpaired) electrons. The Balaban J connectivity index is 2.32. The number of hydrogen-bond donors (Lipinski definition) is 1. The Morgan fingerprint density at radius 3 is 2.22 bits per heavy atom. The molecule has 1 amide bonds. The monoisotopic (exact) mass is 315 g/mol. The Labute approximate surface area is 134 Å². The summed E-state index contributed by atoms with van der Waals surface area (Å²) >= 11 is 0. The molecule has 0 aromatic heterocycles. The summed E-state index contributed by atoms with van der Waals surface area (Å²) in [6.45, 7) is 0. The van der Waals surface area contributed by atoms with Crippen LogP contribution in [0.25, 0.3) is 0 Å². The summed E-state index contributed by atoms with van der Waals surface area (Å²) < 4.78 is 15.0. The highest BCUT2D eigenvalue weighted by molar-refractivity contribution is 6.11. The molecule has 6 heteroatoms. The first-order valence-corrected chi connectivity index (χ1v) is 6.81. The minimum absolute atomic E-state index is 0.194. The SMILES string of the molecule is COC(=O)c1ccccc1C(=O)Nc1ccc(OC)cc1OC. The molecule has 1 N–H and O–H groups in total. The average molecular weight is 315 g/mol. The van der Waals surface area contributed by atoms with Gasteiger partial charge in [-0.1, -0.05) is 12.1 Å². The van der Waals surface area contributed by atoms with E-state index in [2.05, 4.69) is 5.32 Å². The van der Waals surface area contributed by atoms with Gasteiger partial charge in [0.2, 0.25) is 0 Å². The highest BCUT2D eigenvalue weighted by Crippen LogP contribution is 2.29. The number of carbonyl (C=O) groups excluding carboxylic acids is 2. The smallest absolute Gasteiger partial charge is 0.338 e. The molecule has 23 heavy (non-hydrogen) atoms. The van der Waals surface area contributed by atoms with Crippen molar-refractivity contribution >= 4 is 17.6 Å². The van der Waals surface area contributed by atoms with Crippen LogP contribution >= 0.6 is 0 Å². The van der Waals surface area contributed by atoms with E-state index in [0.717, 1.165) is 0 Å². The van der Waals surface area contributed by atoms with Gasteiger partial charge in [0.25, 0.3) is 5.91 Å². The molecule has 0 heterocycles. The van der Waals surface area contributed by atoms with Crippen LogP contribution in [0.3, 0.4) is 0 Å². The molecule has 0 aliphatic heterocycles. The second-order valence-electron chi connectivity index (χ2n) is 4.56. The molecule has 0 saturated carbocycles. The van der Waals surface area contributed by atoms with Gasteiger partial charge in [0, 0.05) is 6.07 Å². The summed E-state index contributed by atoms with van der Waals surface area (Å²) in [5, 5.41) is 2.72. The van der Waals surface area contributed by atoms with Crippen molar-refractivity contribution in [1.82, 2.24) is 0 Å². The van der Waals surface area contributed by atoms with E-state index >= 15 is 0 Å². The molecule has 0 aliphatic rings. The van der Waals surface area contributed by atoms with Crippen LogP contribution in [0.15, 0.2) is 42.5 Å². The summed E-state index contributed by atoms with van der Waals surface area (Å²) in [5.74, 6) is 0.0509. The van der Waals surface area contributed by atoms with E-state index in [1.807, 2.05) is 0 Å². The normalized spacial score (nSPS) is 9.87. The molecule has 0 atom stereocenters. The van der Waals surface area contributed by atoms with Crippen molar-refractivity contribution in [2.45, 2.75) is 0 Å². The number of esters is 1. The number of benzene rings is 2. The molecular formula is C17H17NO5. The number of amides is 1. The molecule has 120 valence electrons. The predicted octanol–water partition coefficient (Wildman–Crippen LogP) is 2.74. The number of hydrogen-bond acceptors (Lipinski definition) is 5. The highest BCUT2D eigenvalue weighted by atomic mass is 16.5. The van der Waals surface area contributed by atoms with Gasteiger partial charge in [-0.2, -0.15) is 0 Å². The minimum atomic E-state index is -0.572. The standard InChI is InChI=1S/C17H17NO5/c1-21-11-8-9-14(15(10-11)22-2)18-16(19)12-6-4-5-7-13(12)17(20)23-3/h4-10H,1-3H3,(H,18,19). The third-order valence-corrected chi connectivity index (χ3v) is 3.23. The fourth-order valence-corrected chi connectivity index (χ4v) is 2.06. The van der Waals surface area contributed by atoms with E-state index in [1.54, 1.807) is 43.5 Å². The minimum Gasteiger partial charge on any atom is -0.497 e. The lowest BCUT2D eigenvalue weighted by Gasteiger charge is -2.13. The maximum atomic E-state index is 12.5. The van der Waals surface area contributed by atoms with E-state index in [0.29, 0.717) is 17.2 Å². The Bertz CT molecular complexity index is 727. The number of ether oxygens (including phenoxy) is 3. The van der Waals surface area contributed by atoms with E-state index in [-0.39, 0.29) is 11.1 Å². The zero-order valence-corrected chi connectivity index (χ0v) is 13.1. The van der Waals surface area contributed by atoms with Gasteiger partial charge in [0.1, 0.15) is 11.5 Å². The number of methoxy groups -OCH3 is 3.